The van der Waals surface area contributed by atoms with E-state index >= 15 is 0 Å². The normalized spacial score (nSPS) is 15.1. The molecule has 0 fully saturated rings. The molecule has 3 heteroatoms. The topological polar surface area (TPSA) is 37.3 Å². The molecular formula is C6H14O2Sn. The van der Waals surface area contributed by atoms with Crippen molar-refractivity contribution in [3.05, 3.63) is 0 Å². The fourth-order valence-electron chi connectivity index (χ4n) is 0.370. The Morgan fingerprint density at radius 3 is 1.78 bits per heavy atom. The van der Waals surface area contributed by atoms with E-state index in [4.69, 9.17) is 5.11 Å². The van der Waals surface area contributed by atoms with Crippen LogP contribution in [0.1, 0.15) is 6.92 Å². The van der Waals surface area contributed by atoms with E-state index in [2.05, 4.69) is 14.8 Å². The molecule has 0 spiro atoms. The maximum absolute atomic E-state index is 10.4. The van der Waals surface area contributed by atoms with E-state index in [0.29, 0.717) is 0 Å². The van der Waals surface area contributed by atoms with Crippen LogP contribution < -0.4 is 0 Å². The predicted molar refractivity (Wildman–Crippen MR) is 40.4 cm³/mol. The van der Waals surface area contributed by atoms with Gasteiger partial charge in [-0.2, -0.15) is 0 Å². The van der Waals surface area contributed by atoms with Crippen LogP contribution in [-0.2, 0) is 4.79 Å². The molecule has 0 rings (SSSR count). The molecule has 54 valence electrons. The summed E-state index contributed by atoms with van der Waals surface area (Å²) in [5.74, 6) is -0.627. The fourth-order valence-corrected chi connectivity index (χ4v) is 2.48. The van der Waals surface area contributed by atoms with Crippen LogP contribution in [0.15, 0.2) is 0 Å². The summed E-state index contributed by atoms with van der Waals surface area (Å²) >= 11 is -2.09. The second kappa shape index (κ2) is 2.90. The van der Waals surface area contributed by atoms with E-state index in [9.17, 15) is 4.79 Å². The third kappa shape index (κ3) is 3.08. The summed E-state index contributed by atoms with van der Waals surface area (Å²) in [7, 11) is 0. The second-order valence-corrected chi connectivity index (χ2v) is 19.4. The van der Waals surface area contributed by atoms with Crippen molar-refractivity contribution < 1.29 is 9.90 Å². The van der Waals surface area contributed by atoms with Gasteiger partial charge in [0.25, 0.3) is 0 Å². The van der Waals surface area contributed by atoms with Gasteiger partial charge in [0.05, 0.1) is 0 Å². The van der Waals surface area contributed by atoms with E-state index in [1.54, 1.807) is 0 Å². The molecule has 0 aromatic rings. The van der Waals surface area contributed by atoms with Crippen molar-refractivity contribution in [3.63, 3.8) is 0 Å². The average molecular weight is 237 g/mol. The van der Waals surface area contributed by atoms with Crippen molar-refractivity contribution in [2.24, 2.45) is 0 Å². The molecule has 0 amide bonds. The van der Waals surface area contributed by atoms with E-state index in [0.717, 1.165) is 0 Å². The zero-order valence-electron chi connectivity index (χ0n) is 6.43. The Labute approximate surface area is 60.1 Å². The standard InChI is InChI=1S/C3H5O2.3CH3.Sn/c1-2-3(4)5;;;;/h2H,1H3,(H,4,5);3*1H3;. The van der Waals surface area contributed by atoms with Crippen molar-refractivity contribution in [1.82, 2.24) is 0 Å². The van der Waals surface area contributed by atoms with Crippen LogP contribution in [-0.4, -0.2) is 29.5 Å². The number of carbonyl (C=O) groups is 1. The Kier molecular flexibility index (Phi) is 2.99. The summed E-state index contributed by atoms with van der Waals surface area (Å²) < 4.78 is -0.0562. The summed E-state index contributed by atoms with van der Waals surface area (Å²) in [6.07, 6.45) is 0. The molecule has 1 unspecified atom stereocenters. The molecule has 2 nitrogen and oxygen atoms in total. The molecule has 0 radical (unpaired) electrons. The Morgan fingerprint density at radius 1 is 1.44 bits per heavy atom. The van der Waals surface area contributed by atoms with Crippen LogP contribution in [0.5, 0.6) is 0 Å². The van der Waals surface area contributed by atoms with Gasteiger partial charge in [-0.1, -0.05) is 0 Å². The van der Waals surface area contributed by atoms with Crippen molar-refractivity contribution >= 4 is 24.3 Å². The van der Waals surface area contributed by atoms with Crippen LogP contribution in [0.2, 0.25) is 18.8 Å². The van der Waals surface area contributed by atoms with Gasteiger partial charge >= 0.3 is 59.9 Å². The first-order chi connectivity index (χ1) is 3.85. The zero-order chi connectivity index (χ0) is 7.65. The van der Waals surface area contributed by atoms with Crippen molar-refractivity contribution in [1.29, 1.82) is 0 Å². The molecule has 0 bridgehead atoms. The van der Waals surface area contributed by atoms with Gasteiger partial charge in [-0.25, -0.2) is 0 Å². The quantitative estimate of drug-likeness (QED) is 0.743. The van der Waals surface area contributed by atoms with Crippen molar-refractivity contribution in [2.75, 3.05) is 0 Å². The number of carboxylic acids is 1. The van der Waals surface area contributed by atoms with Gasteiger partial charge in [-0.15, -0.1) is 0 Å². The van der Waals surface area contributed by atoms with E-state index in [-0.39, 0.29) is 3.93 Å². The van der Waals surface area contributed by atoms with E-state index in [1.807, 2.05) is 6.92 Å². The summed E-state index contributed by atoms with van der Waals surface area (Å²) in [5, 5.41) is 8.57. The minimum absolute atomic E-state index is 0.0562. The SMILES string of the molecule is C[CH](C(=O)O)[Sn]([CH3])([CH3])[CH3]. The van der Waals surface area contributed by atoms with Gasteiger partial charge in [0.2, 0.25) is 0 Å². The minimum atomic E-state index is -2.09. The van der Waals surface area contributed by atoms with Gasteiger partial charge in [0.15, 0.2) is 0 Å². The van der Waals surface area contributed by atoms with Crippen LogP contribution in [0.4, 0.5) is 0 Å². The van der Waals surface area contributed by atoms with Crippen LogP contribution in [0.3, 0.4) is 0 Å². The van der Waals surface area contributed by atoms with Gasteiger partial charge in [-0.05, 0) is 0 Å². The van der Waals surface area contributed by atoms with Crippen molar-refractivity contribution in [2.45, 2.75) is 25.7 Å². The molecule has 1 atom stereocenters. The predicted octanol–water partition coefficient (Wildman–Crippen LogP) is 1.80. The molecule has 0 saturated heterocycles. The van der Waals surface area contributed by atoms with Gasteiger partial charge in [0.1, 0.15) is 0 Å². The Morgan fingerprint density at radius 2 is 1.78 bits per heavy atom. The number of hydrogen-bond acceptors (Lipinski definition) is 1. The first-order valence-electron chi connectivity index (χ1n) is 3.08. The molecule has 0 aromatic heterocycles. The summed E-state index contributed by atoms with van der Waals surface area (Å²) in [6.45, 7) is 1.82. The molecule has 0 aliphatic rings. The molecular weight excluding hydrogens is 223 g/mol. The van der Waals surface area contributed by atoms with Crippen LogP contribution in [0, 0.1) is 0 Å². The average Bonchev–Trinajstić information content (AvgIpc) is 1.62. The van der Waals surface area contributed by atoms with E-state index < -0.39 is 24.3 Å². The first kappa shape index (κ1) is 9.27. The Bertz CT molecular complexity index is 115. The monoisotopic (exact) mass is 238 g/mol. The maximum atomic E-state index is 10.4. The molecule has 0 aliphatic carbocycles. The number of rotatable bonds is 2. The second-order valence-electron chi connectivity index (χ2n) is 3.43. The zero-order valence-corrected chi connectivity index (χ0v) is 9.29. The summed E-state index contributed by atoms with van der Waals surface area (Å²) in [6, 6.07) is 0. The molecule has 1 N–H and O–H groups in total. The number of carboxylic acid groups (broad SMARTS) is 1. The van der Waals surface area contributed by atoms with Gasteiger partial charge in [-0.3, -0.25) is 0 Å². The van der Waals surface area contributed by atoms with Crippen LogP contribution in [0.25, 0.3) is 0 Å². The number of aliphatic carboxylic acids is 1. The summed E-state index contributed by atoms with van der Waals surface area (Å²) in [5.41, 5.74) is 0. The molecule has 9 heavy (non-hydrogen) atoms. The first-order valence-corrected chi connectivity index (χ1v) is 13.3. The summed E-state index contributed by atoms with van der Waals surface area (Å²) in [4.78, 5) is 16.8. The molecule has 0 aromatic carbocycles. The third-order valence-electron chi connectivity index (χ3n) is 1.67. The van der Waals surface area contributed by atoms with Crippen molar-refractivity contribution in [3.8, 4) is 0 Å². The molecule has 0 heterocycles. The van der Waals surface area contributed by atoms with Gasteiger partial charge < -0.3 is 0 Å². The van der Waals surface area contributed by atoms with E-state index in [1.165, 1.54) is 0 Å². The Balaban J connectivity index is 4.04. The number of hydrogen-bond donors (Lipinski definition) is 1. The Hall–Kier alpha value is 0.269. The van der Waals surface area contributed by atoms with Crippen LogP contribution >= 0.6 is 0 Å². The van der Waals surface area contributed by atoms with Gasteiger partial charge in [0, 0.05) is 0 Å². The third-order valence-corrected chi connectivity index (χ3v) is 9.79. The molecule has 0 saturated carbocycles. The molecule has 0 aliphatic heterocycles. The fraction of sp³-hybridized carbons (Fsp3) is 0.833.